The summed E-state index contributed by atoms with van der Waals surface area (Å²) in [5, 5.41) is 4.04. The van der Waals surface area contributed by atoms with Crippen molar-refractivity contribution in [1.29, 1.82) is 0 Å². The van der Waals surface area contributed by atoms with Gasteiger partial charge in [0, 0.05) is 37.3 Å². The van der Waals surface area contributed by atoms with Gasteiger partial charge in [0.25, 0.3) is 0 Å². The molecule has 0 aliphatic carbocycles. The second-order valence-corrected chi connectivity index (χ2v) is 6.61. The van der Waals surface area contributed by atoms with Crippen LogP contribution in [0.4, 0.5) is 4.79 Å². The first kappa shape index (κ1) is 17.5. The van der Waals surface area contributed by atoms with Gasteiger partial charge in [-0.25, -0.2) is 4.79 Å². The number of ether oxygens (including phenoxy) is 1. The Morgan fingerprint density at radius 3 is 2.84 bits per heavy atom. The van der Waals surface area contributed by atoms with Crippen LogP contribution in [-0.2, 0) is 6.42 Å². The maximum Gasteiger partial charge on any atom is 0.315 e. The number of nitrogens with zero attached hydrogens (tertiary/aromatic N) is 2. The Kier molecular flexibility index (Phi) is 5.40. The number of carbonyl (C=O) groups is 1. The number of primary amides is 1. The predicted molar refractivity (Wildman–Crippen MR) is 96.8 cm³/mol. The van der Waals surface area contributed by atoms with Crippen LogP contribution in [0.1, 0.15) is 5.56 Å². The average Bonchev–Trinajstić information content (AvgIpc) is 2.63. The third kappa shape index (κ3) is 4.21. The number of carbonyl (C=O) groups excluding carboxylic acids is 1. The van der Waals surface area contributed by atoms with Crippen molar-refractivity contribution in [2.45, 2.75) is 12.0 Å². The zero-order valence-electron chi connectivity index (χ0n) is 13.8. The molecule has 7 heteroatoms. The molecule has 0 radical (unpaired) electrons. The van der Waals surface area contributed by atoms with Crippen LogP contribution in [0.15, 0.2) is 48.8 Å². The van der Waals surface area contributed by atoms with E-state index in [0.717, 1.165) is 5.56 Å². The SMILES string of the molecule is NC(=O)N1CCNCC1(COc1cccnc1)Cc1ccc(Cl)cc1. The molecule has 3 rings (SSSR count). The van der Waals surface area contributed by atoms with E-state index in [1.165, 1.54) is 0 Å². The van der Waals surface area contributed by atoms with Crippen molar-refractivity contribution >= 4 is 17.6 Å². The zero-order chi connectivity index (χ0) is 17.7. The van der Waals surface area contributed by atoms with E-state index >= 15 is 0 Å². The van der Waals surface area contributed by atoms with E-state index in [0.29, 0.717) is 43.4 Å². The number of halogens is 1. The van der Waals surface area contributed by atoms with E-state index in [1.54, 1.807) is 17.3 Å². The van der Waals surface area contributed by atoms with Crippen molar-refractivity contribution in [2.75, 3.05) is 26.2 Å². The first-order valence-electron chi connectivity index (χ1n) is 8.14. The first-order chi connectivity index (χ1) is 12.1. The van der Waals surface area contributed by atoms with Gasteiger partial charge in [-0.2, -0.15) is 0 Å². The number of urea groups is 1. The smallest absolute Gasteiger partial charge is 0.315 e. The summed E-state index contributed by atoms with van der Waals surface area (Å²) in [4.78, 5) is 17.8. The second-order valence-electron chi connectivity index (χ2n) is 6.17. The van der Waals surface area contributed by atoms with Crippen LogP contribution < -0.4 is 15.8 Å². The number of hydrogen-bond acceptors (Lipinski definition) is 4. The summed E-state index contributed by atoms with van der Waals surface area (Å²) in [6.45, 7) is 2.16. The lowest BCUT2D eigenvalue weighted by atomic mass is 9.88. The molecular formula is C18H21ClN4O2. The molecule has 6 nitrogen and oxygen atoms in total. The Hall–Kier alpha value is -2.31. The molecular weight excluding hydrogens is 340 g/mol. The maximum atomic E-state index is 12.1. The molecule has 1 aromatic carbocycles. The van der Waals surface area contributed by atoms with E-state index in [9.17, 15) is 4.79 Å². The fourth-order valence-electron chi connectivity index (χ4n) is 3.16. The molecule has 1 atom stereocenters. The van der Waals surface area contributed by atoms with Crippen molar-refractivity contribution in [3.8, 4) is 5.75 Å². The minimum Gasteiger partial charge on any atom is -0.489 e. The highest BCUT2D eigenvalue weighted by Gasteiger charge is 2.42. The van der Waals surface area contributed by atoms with Crippen LogP contribution in [0.25, 0.3) is 0 Å². The van der Waals surface area contributed by atoms with Crippen molar-refractivity contribution in [3.63, 3.8) is 0 Å². The van der Waals surface area contributed by atoms with E-state index in [1.807, 2.05) is 36.4 Å². The molecule has 0 bridgehead atoms. The molecule has 132 valence electrons. The lowest BCUT2D eigenvalue weighted by molar-refractivity contribution is 0.0493. The number of hydrogen-bond donors (Lipinski definition) is 2. The van der Waals surface area contributed by atoms with Gasteiger partial charge in [-0.1, -0.05) is 23.7 Å². The van der Waals surface area contributed by atoms with Crippen LogP contribution >= 0.6 is 11.6 Å². The minimum absolute atomic E-state index is 0.317. The molecule has 1 aromatic heterocycles. The van der Waals surface area contributed by atoms with Crippen LogP contribution in [0.2, 0.25) is 5.02 Å². The van der Waals surface area contributed by atoms with Gasteiger partial charge in [0.2, 0.25) is 0 Å². The fourth-order valence-corrected chi connectivity index (χ4v) is 3.28. The van der Waals surface area contributed by atoms with Gasteiger partial charge in [-0.3, -0.25) is 4.98 Å². The minimum atomic E-state index is -0.576. The molecule has 0 saturated carbocycles. The van der Waals surface area contributed by atoms with Crippen LogP contribution in [0.3, 0.4) is 0 Å². The lowest BCUT2D eigenvalue weighted by Gasteiger charge is -2.46. The summed E-state index contributed by atoms with van der Waals surface area (Å²) in [5.74, 6) is 0.660. The molecule has 1 aliphatic heterocycles. The highest BCUT2D eigenvalue weighted by molar-refractivity contribution is 6.30. The van der Waals surface area contributed by atoms with Gasteiger partial charge in [0.1, 0.15) is 12.4 Å². The molecule has 2 heterocycles. The number of benzene rings is 1. The topological polar surface area (TPSA) is 80.5 Å². The summed E-state index contributed by atoms with van der Waals surface area (Å²) in [6, 6.07) is 10.8. The Morgan fingerprint density at radius 2 is 2.16 bits per heavy atom. The zero-order valence-corrected chi connectivity index (χ0v) is 14.6. The van der Waals surface area contributed by atoms with Gasteiger partial charge in [0.05, 0.1) is 11.7 Å². The maximum absolute atomic E-state index is 12.1. The Morgan fingerprint density at radius 1 is 1.36 bits per heavy atom. The number of nitrogens with one attached hydrogen (secondary N) is 1. The largest absolute Gasteiger partial charge is 0.489 e. The van der Waals surface area contributed by atoms with E-state index < -0.39 is 11.6 Å². The Balaban J connectivity index is 1.86. The van der Waals surface area contributed by atoms with Gasteiger partial charge >= 0.3 is 6.03 Å². The fraction of sp³-hybridized carbons (Fsp3) is 0.333. The monoisotopic (exact) mass is 360 g/mol. The molecule has 3 N–H and O–H groups in total. The summed E-state index contributed by atoms with van der Waals surface area (Å²) in [5.41, 5.74) is 6.15. The third-order valence-corrected chi connectivity index (χ3v) is 4.65. The Bertz CT molecular complexity index is 711. The van der Waals surface area contributed by atoms with Gasteiger partial charge in [-0.05, 0) is 29.8 Å². The average molecular weight is 361 g/mol. The second kappa shape index (κ2) is 7.72. The lowest BCUT2D eigenvalue weighted by Crippen LogP contribution is -2.67. The van der Waals surface area contributed by atoms with E-state index in [-0.39, 0.29) is 0 Å². The highest BCUT2D eigenvalue weighted by atomic mass is 35.5. The van der Waals surface area contributed by atoms with Gasteiger partial charge in [-0.15, -0.1) is 0 Å². The van der Waals surface area contributed by atoms with Crippen LogP contribution in [0, 0.1) is 0 Å². The normalized spacial score (nSPS) is 20.3. The molecule has 1 fully saturated rings. The number of pyridine rings is 1. The molecule has 0 spiro atoms. The number of nitrogens with two attached hydrogens (primary N) is 1. The summed E-state index contributed by atoms with van der Waals surface area (Å²) >= 11 is 5.98. The molecule has 25 heavy (non-hydrogen) atoms. The van der Waals surface area contributed by atoms with E-state index in [2.05, 4.69) is 10.3 Å². The molecule has 2 amide bonds. The van der Waals surface area contributed by atoms with Crippen molar-refractivity contribution in [1.82, 2.24) is 15.2 Å². The van der Waals surface area contributed by atoms with Gasteiger partial charge < -0.3 is 20.7 Å². The summed E-state index contributed by atoms with van der Waals surface area (Å²) < 4.78 is 5.95. The standard InChI is InChI=1S/C18H21ClN4O2/c19-15-5-3-14(4-6-15)10-18(12-22-8-9-23(18)17(20)24)13-25-16-2-1-7-21-11-16/h1-7,11,22H,8-10,12-13H2,(H2,20,24). The molecule has 1 saturated heterocycles. The van der Waals surface area contributed by atoms with Gasteiger partial charge in [0.15, 0.2) is 0 Å². The van der Waals surface area contributed by atoms with Crippen molar-refractivity contribution in [2.24, 2.45) is 5.73 Å². The number of rotatable bonds is 5. The van der Waals surface area contributed by atoms with E-state index in [4.69, 9.17) is 22.1 Å². The number of piperazine rings is 1. The van der Waals surface area contributed by atoms with Crippen molar-refractivity contribution < 1.29 is 9.53 Å². The highest BCUT2D eigenvalue weighted by Crippen LogP contribution is 2.25. The Labute approximate surface area is 151 Å². The third-order valence-electron chi connectivity index (χ3n) is 4.39. The predicted octanol–water partition coefficient (Wildman–Crippen LogP) is 2.08. The van der Waals surface area contributed by atoms with Crippen LogP contribution in [-0.4, -0.2) is 47.7 Å². The molecule has 1 unspecified atom stereocenters. The van der Waals surface area contributed by atoms with Crippen molar-refractivity contribution in [3.05, 3.63) is 59.4 Å². The first-order valence-corrected chi connectivity index (χ1v) is 8.52. The summed E-state index contributed by atoms with van der Waals surface area (Å²) in [6.07, 6.45) is 3.95. The number of aromatic nitrogens is 1. The molecule has 2 aromatic rings. The quantitative estimate of drug-likeness (QED) is 0.855. The number of amides is 2. The van der Waals surface area contributed by atoms with Crippen LogP contribution in [0.5, 0.6) is 5.75 Å². The summed E-state index contributed by atoms with van der Waals surface area (Å²) in [7, 11) is 0. The molecule has 1 aliphatic rings.